The minimum atomic E-state index is -2.95. The van der Waals surface area contributed by atoms with Crippen LogP contribution in [0.3, 0.4) is 0 Å². The van der Waals surface area contributed by atoms with E-state index in [1.54, 1.807) is 7.05 Å². The lowest BCUT2D eigenvalue weighted by Crippen LogP contribution is -2.39. The van der Waals surface area contributed by atoms with Crippen LogP contribution in [0.1, 0.15) is 11.1 Å². The molecule has 0 radical (unpaired) electrons. The Hall–Kier alpha value is -0.830. The molecule has 0 aromatic heterocycles. The first-order valence-electron chi connectivity index (χ1n) is 6.08. The first-order chi connectivity index (χ1) is 8.90. The monoisotopic (exact) mass is 411 g/mol. The van der Waals surface area contributed by atoms with Gasteiger partial charge in [-0.05, 0) is 12.5 Å². The summed E-state index contributed by atoms with van der Waals surface area (Å²) in [5.41, 5.74) is 2.37. The Morgan fingerprint density at radius 2 is 1.80 bits per heavy atom. The molecule has 1 aromatic rings. The molecule has 0 aliphatic heterocycles. The topological polar surface area (TPSA) is 70.6 Å². The average molecular weight is 411 g/mol. The van der Waals surface area contributed by atoms with E-state index in [9.17, 15) is 8.42 Å². The van der Waals surface area contributed by atoms with E-state index in [0.717, 1.165) is 5.56 Å². The quantitative estimate of drug-likeness (QED) is 0.436. The maximum Gasteiger partial charge on any atom is 0.191 e. The molecule has 0 saturated heterocycles. The summed E-state index contributed by atoms with van der Waals surface area (Å²) in [7, 11) is -1.29. The number of rotatable bonds is 5. The molecule has 114 valence electrons. The van der Waals surface area contributed by atoms with E-state index in [0.29, 0.717) is 19.0 Å². The molecule has 0 heterocycles. The number of sulfone groups is 1. The number of aryl methyl sites for hydroxylation is 1. The molecule has 20 heavy (non-hydrogen) atoms. The van der Waals surface area contributed by atoms with Crippen LogP contribution in [-0.2, 0) is 16.4 Å². The van der Waals surface area contributed by atoms with E-state index < -0.39 is 9.84 Å². The number of guanidine groups is 1. The zero-order valence-electron chi connectivity index (χ0n) is 12.0. The summed E-state index contributed by atoms with van der Waals surface area (Å²) in [4.78, 5) is 4.04. The second-order valence-electron chi connectivity index (χ2n) is 4.47. The van der Waals surface area contributed by atoms with Gasteiger partial charge >= 0.3 is 0 Å². The molecule has 0 aliphatic carbocycles. The molecular weight excluding hydrogens is 389 g/mol. The van der Waals surface area contributed by atoms with E-state index in [4.69, 9.17) is 0 Å². The Kier molecular flexibility index (Phi) is 8.79. The average Bonchev–Trinajstić information content (AvgIpc) is 2.34. The number of benzene rings is 1. The SMILES string of the molecule is CN=C(NCCS(C)(=O)=O)NCc1ccc(C)cc1.I. The highest BCUT2D eigenvalue weighted by atomic mass is 127. The van der Waals surface area contributed by atoms with Crippen molar-refractivity contribution in [3.05, 3.63) is 35.4 Å². The van der Waals surface area contributed by atoms with Crippen molar-refractivity contribution in [3.8, 4) is 0 Å². The predicted molar refractivity (Wildman–Crippen MR) is 94.5 cm³/mol. The normalized spacial score (nSPS) is 11.7. The third-order valence-corrected chi connectivity index (χ3v) is 3.52. The summed E-state index contributed by atoms with van der Waals surface area (Å²) in [5.74, 6) is 0.697. The molecule has 0 spiro atoms. The largest absolute Gasteiger partial charge is 0.355 e. The maximum absolute atomic E-state index is 11.0. The highest BCUT2D eigenvalue weighted by molar-refractivity contribution is 14.0. The number of nitrogens with one attached hydrogen (secondary N) is 2. The van der Waals surface area contributed by atoms with Gasteiger partial charge in [0.25, 0.3) is 0 Å². The molecule has 0 bridgehead atoms. The summed E-state index contributed by atoms with van der Waals surface area (Å²) in [5, 5.41) is 6.10. The molecule has 5 nitrogen and oxygen atoms in total. The summed E-state index contributed by atoms with van der Waals surface area (Å²) in [6, 6.07) is 8.20. The van der Waals surface area contributed by atoms with Crippen LogP contribution >= 0.6 is 24.0 Å². The molecular formula is C13H22IN3O2S. The maximum atomic E-state index is 11.0. The van der Waals surface area contributed by atoms with Gasteiger partial charge < -0.3 is 10.6 Å². The van der Waals surface area contributed by atoms with Gasteiger partial charge in [0.15, 0.2) is 5.96 Å². The Balaban J connectivity index is 0.00000361. The second kappa shape index (κ2) is 9.17. The summed E-state index contributed by atoms with van der Waals surface area (Å²) in [6.07, 6.45) is 1.22. The number of halogens is 1. The Labute approximate surface area is 138 Å². The molecule has 0 unspecified atom stereocenters. The minimum absolute atomic E-state index is 0. The number of nitrogens with zero attached hydrogens (tertiary/aromatic N) is 1. The van der Waals surface area contributed by atoms with Gasteiger partial charge in [-0.2, -0.15) is 0 Å². The first-order valence-corrected chi connectivity index (χ1v) is 8.14. The van der Waals surface area contributed by atoms with Crippen molar-refractivity contribution >= 4 is 39.8 Å². The van der Waals surface area contributed by atoms with E-state index in [2.05, 4.69) is 27.8 Å². The standard InChI is InChI=1S/C13H21N3O2S.HI/c1-11-4-6-12(7-5-11)10-16-13(14-2)15-8-9-19(3,17)18;/h4-7H,8-10H2,1-3H3,(H2,14,15,16);1H. The molecule has 0 atom stereocenters. The summed E-state index contributed by atoms with van der Waals surface area (Å²) >= 11 is 0. The van der Waals surface area contributed by atoms with E-state index in [1.165, 1.54) is 11.8 Å². The highest BCUT2D eigenvalue weighted by Crippen LogP contribution is 2.02. The van der Waals surface area contributed by atoms with Crippen LogP contribution in [0, 0.1) is 6.92 Å². The Morgan fingerprint density at radius 1 is 1.20 bits per heavy atom. The van der Waals surface area contributed by atoms with Gasteiger partial charge in [0.1, 0.15) is 9.84 Å². The molecule has 1 aromatic carbocycles. The van der Waals surface area contributed by atoms with Crippen LogP contribution in [0.5, 0.6) is 0 Å². The zero-order chi connectivity index (χ0) is 14.3. The number of hydrogen-bond acceptors (Lipinski definition) is 3. The lowest BCUT2D eigenvalue weighted by atomic mass is 10.1. The van der Waals surface area contributed by atoms with Crippen LogP contribution in [0.15, 0.2) is 29.3 Å². The molecule has 0 saturated carbocycles. The first kappa shape index (κ1) is 19.2. The van der Waals surface area contributed by atoms with Gasteiger partial charge in [0.2, 0.25) is 0 Å². The van der Waals surface area contributed by atoms with Crippen LogP contribution in [0.4, 0.5) is 0 Å². The van der Waals surface area contributed by atoms with Crippen molar-refractivity contribution in [1.82, 2.24) is 10.6 Å². The number of hydrogen-bond donors (Lipinski definition) is 2. The fourth-order valence-electron chi connectivity index (χ4n) is 1.47. The highest BCUT2D eigenvalue weighted by Gasteiger charge is 2.03. The van der Waals surface area contributed by atoms with Crippen LogP contribution in [-0.4, -0.2) is 40.0 Å². The van der Waals surface area contributed by atoms with E-state index >= 15 is 0 Å². The van der Waals surface area contributed by atoms with Gasteiger partial charge in [-0.3, -0.25) is 4.99 Å². The fourth-order valence-corrected chi connectivity index (χ4v) is 1.94. The van der Waals surface area contributed by atoms with Gasteiger partial charge in [-0.25, -0.2) is 8.42 Å². The van der Waals surface area contributed by atoms with Crippen molar-refractivity contribution in [2.24, 2.45) is 4.99 Å². The molecule has 0 amide bonds. The minimum Gasteiger partial charge on any atom is -0.355 e. The van der Waals surface area contributed by atoms with Crippen LogP contribution in [0.2, 0.25) is 0 Å². The van der Waals surface area contributed by atoms with E-state index in [1.807, 2.05) is 19.1 Å². The van der Waals surface area contributed by atoms with Crippen LogP contribution in [0.25, 0.3) is 0 Å². The van der Waals surface area contributed by atoms with Gasteiger partial charge in [0, 0.05) is 26.4 Å². The van der Waals surface area contributed by atoms with Crippen molar-refractivity contribution in [3.63, 3.8) is 0 Å². The van der Waals surface area contributed by atoms with Gasteiger partial charge in [0.05, 0.1) is 5.75 Å². The van der Waals surface area contributed by atoms with Crippen molar-refractivity contribution < 1.29 is 8.42 Å². The van der Waals surface area contributed by atoms with Crippen molar-refractivity contribution in [2.75, 3.05) is 25.6 Å². The Morgan fingerprint density at radius 3 is 2.30 bits per heavy atom. The molecule has 2 N–H and O–H groups in total. The fraction of sp³-hybridized carbons (Fsp3) is 0.462. The zero-order valence-corrected chi connectivity index (χ0v) is 15.2. The summed E-state index contributed by atoms with van der Waals surface area (Å²) < 4.78 is 22.0. The Bertz CT molecular complexity index is 527. The smallest absolute Gasteiger partial charge is 0.191 e. The molecule has 0 aliphatic rings. The van der Waals surface area contributed by atoms with Crippen molar-refractivity contribution in [2.45, 2.75) is 13.5 Å². The second-order valence-corrected chi connectivity index (χ2v) is 6.73. The van der Waals surface area contributed by atoms with Crippen molar-refractivity contribution in [1.29, 1.82) is 0 Å². The number of aliphatic imine (C=N–C) groups is 1. The molecule has 0 fully saturated rings. The molecule has 7 heteroatoms. The summed E-state index contributed by atoms with van der Waals surface area (Å²) in [6.45, 7) is 3.05. The lowest BCUT2D eigenvalue weighted by Gasteiger charge is -2.11. The predicted octanol–water partition coefficient (Wildman–Crippen LogP) is 1.32. The lowest BCUT2D eigenvalue weighted by molar-refractivity contribution is 0.600. The third kappa shape index (κ3) is 8.36. The van der Waals surface area contributed by atoms with Crippen LogP contribution < -0.4 is 10.6 Å². The van der Waals surface area contributed by atoms with Gasteiger partial charge in [-0.1, -0.05) is 29.8 Å². The third-order valence-electron chi connectivity index (χ3n) is 2.57. The van der Waals surface area contributed by atoms with E-state index in [-0.39, 0.29) is 29.7 Å². The molecule has 1 rings (SSSR count). The van der Waals surface area contributed by atoms with Gasteiger partial charge in [-0.15, -0.1) is 24.0 Å².